The first-order valence-electron chi connectivity index (χ1n) is 10.6. The number of amides is 1. The molecule has 31 heavy (non-hydrogen) atoms. The second-order valence-corrected chi connectivity index (χ2v) is 7.69. The number of nitrogens with one attached hydrogen (secondary N) is 1. The summed E-state index contributed by atoms with van der Waals surface area (Å²) in [4.78, 5) is 15.1. The van der Waals surface area contributed by atoms with Crippen LogP contribution >= 0.6 is 0 Å². The first-order valence-corrected chi connectivity index (χ1v) is 10.6. The van der Waals surface area contributed by atoms with Crippen molar-refractivity contribution in [2.75, 3.05) is 40.0 Å². The minimum atomic E-state index is -0.100. The summed E-state index contributed by atoms with van der Waals surface area (Å²) >= 11 is 0. The highest BCUT2D eigenvalue weighted by Gasteiger charge is 2.19. The largest absolute Gasteiger partial charge is 0.497 e. The number of morpholine rings is 1. The van der Waals surface area contributed by atoms with Crippen molar-refractivity contribution in [2.45, 2.75) is 6.04 Å². The molecule has 0 aromatic heterocycles. The monoisotopic (exact) mass is 416 g/mol. The van der Waals surface area contributed by atoms with Gasteiger partial charge in [0, 0.05) is 25.7 Å². The van der Waals surface area contributed by atoms with Gasteiger partial charge in [0.05, 0.1) is 26.4 Å². The SMILES string of the molecule is COc1ccc2cc(/C=C/C(=O)NC(CN3CCOCC3)c3ccccc3)ccc2c1. The molecule has 0 spiro atoms. The van der Waals surface area contributed by atoms with Gasteiger partial charge in [-0.15, -0.1) is 0 Å². The third-order valence-electron chi connectivity index (χ3n) is 5.56. The maximum absolute atomic E-state index is 12.7. The molecule has 1 N–H and O–H groups in total. The van der Waals surface area contributed by atoms with Crippen LogP contribution in [0.4, 0.5) is 0 Å². The molecule has 3 aromatic rings. The van der Waals surface area contributed by atoms with Crippen molar-refractivity contribution in [3.63, 3.8) is 0 Å². The maximum Gasteiger partial charge on any atom is 0.244 e. The standard InChI is InChI=1S/C26H28N2O3/c1-30-24-11-10-22-17-20(7-9-23(22)18-24)8-12-26(29)27-25(21-5-3-2-4-6-21)19-28-13-15-31-16-14-28/h2-12,17-18,25H,13-16,19H2,1H3,(H,27,29)/b12-8+. The normalized spacial score (nSPS) is 15.8. The van der Waals surface area contributed by atoms with Gasteiger partial charge in [-0.25, -0.2) is 0 Å². The number of hydrogen-bond acceptors (Lipinski definition) is 4. The van der Waals surface area contributed by atoms with Gasteiger partial charge < -0.3 is 14.8 Å². The van der Waals surface area contributed by atoms with Crippen LogP contribution in [-0.4, -0.2) is 50.8 Å². The summed E-state index contributed by atoms with van der Waals surface area (Å²) in [7, 11) is 1.67. The van der Waals surface area contributed by atoms with Gasteiger partial charge in [0.15, 0.2) is 0 Å². The molecule has 160 valence electrons. The van der Waals surface area contributed by atoms with Crippen LogP contribution < -0.4 is 10.1 Å². The van der Waals surface area contributed by atoms with Gasteiger partial charge in [-0.3, -0.25) is 9.69 Å². The zero-order chi connectivity index (χ0) is 21.5. The number of rotatable bonds is 7. The van der Waals surface area contributed by atoms with Crippen molar-refractivity contribution in [1.29, 1.82) is 0 Å². The summed E-state index contributed by atoms with van der Waals surface area (Å²) in [6, 6.07) is 22.2. The topological polar surface area (TPSA) is 50.8 Å². The summed E-state index contributed by atoms with van der Waals surface area (Å²) in [5.74, 6) is 0.735. The lowest BCUT2D eigenvalue weighted by molar-refractivity contribution is -0.117. The van der Waals surface area contributed by atoms with Crippen molar-refractivity contribution in [3.05, 3.63) is 83.9 Å². The smallest absolute Gasteiger partial charge is 0.244 e. The molecule has 1 heterocycles. The molecule has 1 unspecified atom stereocenters. The third kappa shape index (κ3) is 5.72. The highest BCUT2D eigenvalue weighted by Crippen LogP contribution is 2.22. The fourth-order valence-electron chi connectivity index (χ4n) is 3.83. The molecule has 0 saturated carbocycles. The summed E-state index contributed by atoms with van der Waals surface area (Å²) in [6.45, 7) is 4.02. The second kappa shape index (κ2) is 10.2. The van der Waals surface area contributed by atoms with Crippen LogP contribution in [-0.2, 0) is 9.53 Å². The first-order chi connectivity index (χ1) is 15.2. The van der Waals surface area contributed by atoms with E-state index in [9.17, 15) is 4.79 Å². The lowest BCUT2D eigenvalue weighted by Gasteiger charge is -2.31. The Kier molecular flexibility index (Phi) is 6.97. The van der Waals surface area contributed by atoms with E-state index in [1.807, 2.05) is 54.6 Å². The molecule has 0 bridgehead atoms. The van der Waals surface area contributed by atoms with E-state index in [1.165, 1.54) is 0 Å². The molecular weight excluding hydrogens is 388 g/mol. The number of carbonyl (C=O) groups is 1. The zero-order valence-corrected chi connectivity index (χ0v) is 17.8. The van der Waals surface area contributed by atoms with Gasteiger partial charge >= 0.3 is 0 Å². The Bertz CT molecular complexity index is 1040. The predicted molar refractivity (Wildman–Crippen MR) is 124 cm³/mol. The van der Waals surface area contributed by atoms with Gasteiger partial charge in [-0.1, -0.05) is 48.5 Å². The molecular formula is C26H28N2O3. The summed E-state index contributed by atoms with van der Waals surface area (Å²) in [5, 5.41) is 5.39. The average molecular weight is 417 g/mol. The van der Waals surface area contributed by atoms with Crippen molar-refractivity contribution >= 4 is 22.8 Å². The molecule has 3 aromatic carbocycles. The Labute approximate surface area is 183 Å². The Morgan fingerprint density at radius 3 is 2.58 bits per heavy atom. The van der Waals surface area contributed by atoms with Gasteiger partial charge in [-0.05, 0) is 46.2 Å². The second-order valence-electron chi connectivity index (χ2n) is 7.69. The van der Waals surface area contributed by atoms with E-state index in [1.54, 1.807) is 13.2 Å². The van der Waals surface area contributed by atoms with E-state index in [0.29, 0.717) is 0 Å². The molecule has 0 radical (unpaired) electrons. The Balaban J connectivity index is 1.45. The fraction of sp³-hybridized carbons (Fsp3) is 0.269. The third-order valence-corrected chi connectivity index (χ3v) is 5.56. The van der Waals surface area contributed by atoms with E-state index < -0.39 is 0 Å². The van der Waals surface area contributed by atoms with Crippen LogP contribution in [0.3, 0.4) is 0 Å². The van der Waals surface area contributed by atoms with E-state index in [4.69, 9.17) is 9.47 Å². The average Bonchev–Trinajstić information content (AvgIpc) is 2.83. The van der Waals surface area contributed by atoms with Crippen LogP contribution in [0.25, 0.3) is 16.8 Å². The molecule has 1 amide bonds. The molecule has 1 aliphatic heterocycles. The van der Waals surface area contributed by atoms with Gasteiger partial charge in [0.1, 0.15) is 5.75 Å². The lowest BCUT2D eigenvalue weighted by atomic mass is 10.1. The minimum absolute atomic E-state index is 0.0690. The Morgan fingerprint density at radius 2 is 1.81 bits per heavy atom. The zero-order valence-electron chi connectivity index (χ0n) is 17.8. The van der Waals surface area contributed by atoms with Crippen molar-refractivity contribution in [1.82, 2.24) is 10.2 Å². The molecule has 1 fully saturated rings. The molecule has 4 rings (SSSR count). The van der Waals surface area contributed by atoms with Crippen LogP contribution in [0, 0.1) is 0 Å². The minimum Gasteiger partial charge on any atom is -0.497 e. The van der Waals surface area contributed by atoms with Crippen LogP contribution in [0.2, 0.25) is 0 Å². The predicted octanol–water partition coefficient (Wildman–Crippen LogP) is 4.05. The number of ether oxygens (including phenoxy) is 2. The van der Waals surface area contributed by atoms with Crippen molar-refractivity contribution < 1.29 is 14.3 Å². The molecule has 5 heteroatoms. The van der Waals surface area contributed by atoms with Crippen molar-refractivity contribution in [2.24, 2.45) is 0 Å². The van der Waals surface area contributed by atoms with Crippen molar-refractivity contribution in [3.8, 4) is 5.75 Å². The number of hydrogen-bond donors (Lipinski definition) is 1. The first kappa shape index (κ1) is 21.1. The van der Waals surface area contributed by atoms with Crippen LogP contribution in [0.1, 0.15) is 17.2 Å². The molecule has 5 nitrogen and oxygen atoms in total. The van der Waals surface area contributed by atoms with Gasteiger partial charge in [0.2, 0.25) is 5.91 Å². The van der Waals surface area contributed by atoms with Gasteiger partial charge in [-0.2, -0.15) is 0 Å². The number of carbonyl (C=O) groups excluding carboxylic acids is 1. The van der Waals surface area contributed by atoms with E-state index in [-0.39, 0.29) is 11.9 Å². The highest BCUT2D eigenvalue weighted by molar-refractivity contribution is 5.93. The summed E-state index contributed by atoms with van der Waals surface area (Å²) in [6.07, 6.45) is 3.47. The van der Waals surface area contributed by atoms with E-state index in [0.717, 1.165) is 60.5 Å². The number of nitrogens with zero attached hydrogens (tertiary/aromatic N) is 1. The van der Waals surface area contributed by atoms with E-state index >= 15 is 0 Å². The number of methoxy groups -OCH3 is 1. The molecule has 0 aliphatic carbocycles. The fourth-order valence-corrected chi connectivity index (χ4v) is 3.83. The molecule has 1 atom stereocenters. The van der Waals surface area contributed by atoms with E-state index in [2.05, 4.69) is 28.4 Å². The summed E-state index contributed by atoms with van der Waals surface area (Å²) < 4.78 is 10.7. The highest BCUT2D eigenvalue weighted by atomic mass is 16.5. The molecule has 1 aliphatic rings. The molecule has 1 saturated heterocycles. The van der Waals surface area contributed by atoms with Gasteiger partial charge in [0.25, 0.3) is 0 Å². The number of benzene rings is 3. The maximum atomic E-state index is 12.7. The number of fused-ring (bicyclic) bond motifs is 1. The van der Waals surface area contributed by atoms with Crippen LogP contribution in [0.15, 0.2) is 72.8 Å². The summed E-state index contributed by atoms with van der Waals surface area (Å²) in [5.41, 5.74) is 2.09. The quantitative estimate of drug-likeness (QED) is 0.591. The lowest BCUT2D eigenvalue weighted by Crippen LogP contribution is -2.42. The Morgan fingerprint density at radius 1 is 1.06 bits per heavy atom. The van der Waals surface area contributed by atoms with Crippen LogP contribution in [0.5, 0.6) is 5.75 Å². The Hall–Kier alpha value is -3.15.